The third kappa shape index (κ3) is 5.08. The number of anilines is 3. The van der Waals surface area contributed by atoms with Gasteiger partial charge in [0.15, 0.2) is 0 Å². The van der Waals surface area contributed by atoms with Gasteiger partial charge in [-0.15, -0.1) is 0 Å². The number of carbonyl (C=O) groups excluding carboxylic acids is 1. The third-order valence-corrected chi connectivity index (χ3v) is 4.77. The molecule has 10 heteroatoms. The maximum absolute atomic E-state index is 13.3. The maximum atomic E-state index is 13.3. The number of methoxy groups -OCH3 is 1. The predicted octanol–water partition coefficient (Wildman–Crippen LogP) is 2.58. The van der Waals surface area contributed by atoms with E-state index in [4.69, 9.17) is 4.74 Å². The van der Waals surface area contributed by atoms with E-state index in [0.29, 0.717) is 17.5 Å². The summed E-state index contributed by atoms with van der Waals surface area (Å²) in [6.07, 6.45) is 2.99. The van der Waals surface area contributed by atoms with Crippen LogP contribution in [-0.2, 0) is 0 Å². The molecule has 0 saturated heterocycles. The molecule has 0 spiro atoms. The van der Waals surface area contributed by atoms with E-state index in [2.05, 4.69) is 20.9 Å². The first-order chi connectivity index (χ1) is 15.1. The number of halogens is 2. The summed E-state index contributed by atoms with van der Waals surface area (Å²) < 4.78 is 31.8. The van der Waals surface area contributed by atoms with E-state index in [-0.39, 0.29) is 30.0 Å². The van der Waals surface area contributed by atoms with E-state index in [9.17, 15) is 23.2 Å². The van der Waals surface area contributed by atoms with Gasteiger partial charge >= 0.3 is 0 Å². The molecular weight excluding hydrogens is 422 g/mol. The van der Waals surface area contributed by atoms with Gasteiger partial charge in [-0.25, -0.2) is 8.78 Å². The molecule has 0 unspecified atom stereocenters. The second-order valence-corrected chi connectivity index (χ2v) is 7.97. The lowest BCUT2D eigenvalue weighted by atomic mass is 9.93. The van der Waals surface area contributed by atoms with Crippen LogP contribution in [0.3, 0.4) is 0 Å². The maximum Gasteiger partial charge on any atom is 0.253 e. The van der Waals surface area contributed by atoms with Gasteiger partial charge in [0, 0.05) is 37.0 Å². The van der Waals surface area contributed by atoms with Crippen molar-refractivity contribution < 1.29 is 18.3 Å². The summed E-state index contributed by atoms with van der Waals surface area (Å²) in [4.78, 5) is 40.3. The van der Waals surface area contributed by atoms with Crippen LogP contribution in [0.15, 0.2) is 46.2 Å². The smallest absolute Gasteiger partial charge is 0.253 e. The SMILES string of the molecule is COc1ccncc1Nc1c(NCC(C)(C)CNC(=O)c2cc(F)cc(F)c2)c(=O)c1=O. The molecule has 0 bridgehead atoms. The van der Waals surface area contributed by atoms with Crippen LogP contribution < -0.4 is 31.5 Å². The Bertz CT molecular complexity index is 1200. The Morgan fingerprint density at radius 3 is 2.38 bits per heavy atom. The van der Waals surface area contributed by atoms with Crippen LogP contribution in [0, 0.1) is 17.0 Å². The second-order valence-electron chi connectivity index (χ2n) is 7.97. The molecule has 0 radical (unpaired) electrons. The predicted molar refractivity (Wildman–Crippen MR) is 116 cm³/mol. The molecule has 0 atom stereocenters. The molecule has 32 heavy (non-hydrogen) atoms. The van der Waals surface area contributed by atoms with E-state index >= 15 is 0 Å². The van der Waals surface area contributed by atoms with Crippen LogP contribution in [0.5, 0.6) is 5.75 Å². The summed E-state index contributed by atoms with van der Waals surface area (Å²) in [5.74, 6) is -1.87. The van der Waals surface area contributed by atoms with E-state index in [1.807, 2.05) is 13.8 Å². The van der Waals surface area contributed by atoms with Gasteiger partial charge in [0.2, 0.25) is 0 Å². The van der Waals surface area contributed by atoms with E-state index in [1.54, 1.807) is 6.07 Å². The van der Waals surface area contributed by atoms with Crippen molar-refractivity contribution in [3.63, 3.8) is 0 Å². The van der Waals surface area contributed by atoms with Gasteiger partial charge in [0.05, 0.1) is 19.0 Å². The van der Waals surface area contributed by atoms with Crippen molar-refractivity contribution in [3.05, 3.63) is 74.3 Å². The summed E-state index contributed by atoms with van der Waals surface area (Å²) in [6.45, 7) is 4.00. The quantitative estimate of drug-likeness (QED) is 0.435. The molecular formula is C22H22F2N4O4. The zero-order valence-corrected chi connectivity index (χ0v) is 17.7. The molecule has 168 valence electrons. The lowest BCUT2D eigenvalue weighted by Crippen LogP contribution is -2.42. The molecule has 2 aromatic carbocycles. The summed E-state index contributed by atoms with van der Waals surface area (Å²) in [5, 5.41) is 8.43. The molecule has 3 N–H and O–H groups in total. The number of hydrogen-bond donors (Lipinski definition) is 3. The number of rotatable bonds is 9. The molecule has 8 nitrogen and oxygen atoms in total. The summed E-state index contributed by atoms with van der Waals surface area (Å²) in [7, 11) is 1.47. The van der Waals surface area contributed by atoms with Crippen molar-refractivity contribution in [1.82, 2.24) is 10.3 Å². The molecule has 1 amide bonds. The van der Waals surface area contributed by atoms with Crippen LogP contribution in [-0.4, -0.2) is 31.1 Å². The number of hydrogen-bond acceptors (Lipinski definition) is 7. The van der Waals surface area contributed by atoms with Gasteiger partial charge in [0.1, 0.15) is 28.8 Å². The molecule has 1 heterocycles. The summed E-state index contributed by atoms with van der Waals surface area (Å²) >= 11 is 0. The Labute approximate surface area is 182 Å². The molecule has 0 saturated carbocycles. The van der Waals surface area contributed by atoms with Crippen LogP contribution in [0.2, 0.25) is 0 Å². The number of pyridine rings is 1. The van der Waals surface area contributed by atoms with Crippen molar-refractivity contribution in [3.8, 4) is 5.75 Å². The topological polar surface area (TPSA) is 109 Å². The van der Waals surface area contributed by atoms with Gasteiger partial charge in [-0.1, -0.05) is 13.8 Å². The Hall–Kier alpha value is -3.82. The highest BCUT2D eigenvalue weighted by atomic mass is 19.1. The summed E-state index contributed by atoms with van der Waals surface area (Å²) in [6, 6.07) is 4.18. The van der Waals surface area contributed by atoms with Gasteiger partial charge in [0.25, 0.3) is 16.8 Å². The van der Waals surface area contributed by atoms with E-state index in [0.717, 1.165) is 12.1 Å². The van der Waals surface area contributed by atoms with E-state index in [1.165, 1.54) is 19.5 Å². The minimum absolute atomic E-state index is 0.0939. The highest BCUT2D eigenvalue weighted by molar-refractivity contribution is 5.94. The molecule has 0 aliphatic carbocycles. The average Bonchev–Trinajstić information content (AvgIpc) is 2.76. The Kier molecular flexibility index (Phi) is 6.52. The average molecular weight is 444 g/mol. The lowest BCUT2D eigenvalue weighted by Gasteiger charge is -2.27. The Morgan fingerprint density at radius 2 is 1.72 bits per heavy atom. The molecule has 3 aromatic rings. The zero-order valence-electron chi connectivity index (χ0n) is 17.7. The fourth-order valence-corrected chi connectivity index (χ4v) is 2.96. The van der Waals surface area contributed by atoms with Crippen molar-refractivity contribution in [2.24, 2.45) is 5.41 Å². The first-order valence-corrected chi connectivity index (χ1v) is 9.68. The number of benzene rings is 1. The number of carbonyl (C=O) groups is 1. The monoisotopic (exact) mass is 444 g/mol. The van der Waals surface area contributed by atoms with Crippen LogP contribution in [0.4, 0.5) is 25.8 Å². The Balaban J connectivity index is 1.63. The number of ether oxygens (including phenoxy) is 1. The van der Waals surface area contributed by atoms with Crippen molar-refractivity contribution in [1.29, 1.82) is 0 Å². The molecule has 0 fully saturated rings. The van der Waals surface area contributed by atoms with Gasteiger partial charge in [-0.3, -0.25) is 19.4 Å². The fraction of sp³-hybridized carbons (Fsp3) is 0.273. The molecule has 0 aliphatic rings. The standard InChI is InChI=1S/C22H22F2N4O4/c1-22(2,11-27-21(31)12-6-13(23)8-14(24)7-12)10-26-17-18(20(30)19(17)29)28-15-9-25-5-4-16(15)32-3/h4-9,26,28H,10-11H2,1-3H3,(H,27,31). The first kappa shape index (κ1) is 22.9. The fourth-order valence-electron chi connectivity index (χ4n) is 2.96. The second kappa shape index (κ2) is 9.13. The van der Waals surface area contributed by atoms with Gasteiger partial charge in [-0.2, -0.15) is 0 Å². The van der Waals surface area contributed by atoms with Gasteiger partial charge < -0.3 is 20.7 Å². The number of nitrogens with one attached hydrogen (secondary N) is 3. The van der Waals surface area contributed by atoms with Gasteiger partial charge in [-0.05, 0) is 17.5 Å². The highest BCUT2D eigenvalue weighted by Gasteiger charge is 2.25. The number of nitrogens with zero attached hydrogens (tertiary/aromatic N) is 1. The Morgan fingerprint density at radius 1 is 1.06 bits per heavy atom. The van der Waals surface area contributed by atoms with E-state index < -0.39 is 33.8 Å². The molecule has 0 aliphatic heterocycles. The number of aromatic nitrogens is 1. The largest absolute Gasteiger partial charge is 0.494 e. The molecule has 3 rings (SSSR count). The van der Waals surface area contributed by atoms with Crippen molar-refractivity contribution in [2.45, 2.75) is 13.8 Å². The highest BCUT2D eigenvalue weighted by Crippen LogP contribution is 2.28. The van der Waals surface area contributed by atoms with Crippen LogP contribution >= 0.6 is 0 Å². The van der Waals surface area contributed by atoms with Crippen molar-refractivity contribution >= 4 is 23.0 Å². The lowest BCUT2D eigenvalue weighted by molar-refractivity contribution is 0.0937. The zero-order chi connectivity index (χ0) is 23.5. The van der Waals surface area contributed by atoms with Crippen LogP contribution in [0.25, 0.3) is 0 Å². The summed E-state index contributed by atoms with van der Waals surface area (Å²) in [5.41, 5.74) is -1.39. The third-order valence-electron chi connectivity index (χ3n) is 4.77. The number of amides is 1. The van der Waals surface area contributed by atoms with Crippen LogP contribution in [0.1, 0.15) is 24.2 Å². The first-order valence-electron chi connectivity index (χ1n) is 9.68. The minimum atomic E-state index is -0.846. The normalized spacial score (nSPS) is 11.3. The van der Waals surface area contributed by atoms with Crippen molar-refractivity contribution in [2.75, 3.05) is 30.8 Å². The molecule has 1 aromatic heterocycles. The minimum Gasteiger partial charge on any atom is -0.494 e.